The van der Waals surface area contributed by atoms with Crippen molar-refractivity contribution in [3.05, 3.63) is 29.8 Å². The molecule has 3 unspecified atom stereocenters. The van der Waals surface area contributed by atoms with Crippen LogP contribution in [0.2, 0.25) is 0 Å². The Bertz CT molecular complexity index is 541. The maximum atomic E-state index is 12.3. The van der Waals surface area contributed by atoms with Crippen molar-refractivity contribution in [3.63, 3.8) is 0 Å². The quantitative estimate of drug-likeness (QED) is 0.815. The molecule has 1 amide bonds. The predicted octanol–water partition coefficient (Wildman–Crippen LogP) is 3.88. The van der Waals surface area contributed by atoms with Crippen molar-refractivity contribution in [1.29, 1.82) is 0 Å². The van der Waals surface area contributed by atoms with E-state index in [1.807, 2.05) is 12.1 Å². The Hall–Kier alpha value is -1.55. The molecule has 1 aliphatic heterocycles. The number of benzene rings is 1. The number of nitrogens with zero attached hydrogens (tertiary/aromatic N) is 1. The summed E-state index contributed by atoms with van der Waals surface area (Å²) in [6, 6.07) is 8.71. The molecule has 1 aliphatic rings. The van der Waals surface area contributed by atoms with E-state index in [-0.39, 0.29) is 5.91 Å². The molecule has 3 atom stereocenters. The number of hydrogen-bond acceptors (Lipinski definition) is 3. The monoisotopic (exact) mass is 346 g/mol. The summed E-state index contributed by atoms with van der Waals surface area (Å²) in [6.07, 6.45) is 2.96. The topological polar surface area (TPSA) is 41.6 Å². The van der Waals surface area contributed by atoms with E-state index in [0.717, 1.165) is 25.3 Å². The van der Waals surface area contributed by atoms with E-state index in [1.165, 1.54) is 12.0 Å². The van der Waals surface area contributed by atoms with Crippen LogP contribution in [0.4, 0.5) is 0 Å². The van der Waals surface area contributed by atoms with Crippen molar-refractivity contribution in [2.75, 3.05) is 27.2 Å². The first-order valence-electron chi connectivity index (χ1n) is 9.53. The van der Waals surface area contributed by atoms with Crippen LogP contribution in [-0.4, -0.2) is 38.1 Å². The summed E-state index contributed by atoms with van der Waals surface area (Å²) in [5.74, 6) is 2.48. The second-order valence-corrected chi connectivity index (χ2v) is 7.83. The van der Waals surface area contributed by atoms with Crippen molar-refractivity contribution >= 4 is 5.91 Å². The Kier molecular flexibility index (Phi) is 7.30. The normalized spacial score (nSPS) is 22.6. The van der Waals surface area contributed by atoms with Crippen LogP contribution >= 0.6 is 0 Å². The van der Waals surface area contributed by atoms with Gasteiger partial charge < -0.3 is 10.1 Å². The molecule has 0 spiro atoms. The molecule has 1 aromatic carbocycles. The molecule has 1 heterocycles. The number of carbonyl (C=O) groups excluding carboxylic acids is 1. The molecule has 4 heteroatoms. The molecule has 0 aliphatic carbocycles. The van der Waals surface area contributed by atoms with Gasteiger partial charge in [-0.2, -0.15) is 0 Å². The van der Waals surface area contributed by atoms with Gasteiger partial charge in [0.15, 0.2) is 0 Å². The predicted molar refractivity (Wildman–Crippen MR) is 103 cm³/mol. The van der Waals surface area contributed by atoms with Crippen molar-refractivity contribution in [2.45, 2.75) is 46.1 Å². The minimum Gasteiger partial charge on any atom is -0.497 e. The van der Waals surface area contributed by atoms with E-state index in [4.69, 9.17) is 4.74 Å². The Labute approximate surface area is 152 Å². The molecule has 2 rings (SSSR count). The average Bonchev–Trinajstić information content (AvgIpc) is 2.60. The molecule has 0 aromatic heterocycles. The number of piperidine rings is 1. The standard InChI is InChI=1S/C21H34N2O2/c1-15(2)16(3)13-20(24)22-14-18-7-6-12-23(4)21(18)17-8-10-19(25-5)11-9-17/h8-11,15-16,18,21H,6-7,12-14H2,1-5H3,(H,22,24). The second kappa shape index (κ2) is 9.23. The smallest absolute Gasteiger partial charge is 0.220 e. The summed E-state index contributed by atoms with van der Waals surface area (Å²) in [5, 5.41) is 3.19. The lowest BCUT2D eigenvalue weighted by molar-refractivity contribution is -0.122. The SMILES string of the molecule is COc1ccc(C2C(CNC(=O)CC(C)C(C)C)CCCN2C)cc1. The molecule has 0 bridgehead atoms. The van der Waals surface area contributed by atoms with E-state index in [0.29, 0.717) is 30.2 Å². The fourth-order valence-electron chi connectivity index (χ4n) is 3.65. The van der Waals surface area contributed by atoms with Gasteiger partial charge in [0.05, 0.1) is 7.11 Å². The first-order valence-corrected chi connectivity index (χ1v) is 9.53. The van der Waals surface area contributed by atoms with Crippen molar-refractivity contribution in [1.82, 2.24) is 10.2 Å². The van der Waals surface area contributed by atoms with Crippen LogP contribution in [0.3, 0.4) is 0 Å². The molecule has 0 radical (unpaired) electrons. The molecule has 0 saturated carbocycles. The summed E-state index contributed by atoms with van der Waals surface area (Å²) < 4.78 is 5.27. The number of amides is 1. The average molecular weight is 347 g/mol. The summed E-state index contributed by atoms with van der Waals surface area (Å²) in [7, 11) is 3.88. The summed E-state index contributed by atoms with van der Waals surface area (Å²) in [6.45, 7) is 8.36. The van der Waals surface area contributed by atoms with Crippen molar-refractivity contribution in [2.24, 2.45) is 17.8 Å². The molecule has 1 aromatic rings. The van der Waals surface area contributed by atoms with Gasteiger partial charge in [-0.25, -0.2) is 0 Å². The van der Waals surface area contributed by atoms with Crippen LogP contribution in [0.5, 0.6) is 5.75 Å². The summed E-state index contributed by atoms with van der Waals surface area (Å²) in [5.41, 5.74) is 1.30. The third-order valence-electron chi connectivity index (χ3n) is 5.67. The van der Waals surface area contributed by atoms with Gasteiger partial charge in [0, 0.05) is 19.0 Å². The molecule has 1 N–H and O–H groups in total. The molecule has 25 heavy (non-hydrogen) atoms. The largest absolute Gasteiger partial charge is 0.497 e. The lowest BCUT2D eigenvalue weighted by Gasteiger charge is -2.39. The highest BCUT2D eigenvalue weighted by atomic mass is 16.5. The third-order valence-corrected chi connectivity index (χ3v) is 5.67. The van der Waals surface area contributed by atoms with E-state index in [9.17, 15) is 4.79 Å². The van der Waals surface area contributed by atoms with E-state index >= 15 is 0 Å². The highest BCUT2D eigenvalue weighted by Gasteiger charge is 2.30. The van der Waals surface area contributed by atoms with E-state index < -0.39 is 0 Å². The molecule has 1 fully saturated rings. The van der Waals surface area contributed by atoms with E-state index in [2.05, 4.69) is 50.2 Å². The Morgan fingerprint density at radius 3 is 2.56 bits per heavy atom. The fraction of sp³-hybridized carbons (Fsp3) is 0.667. The van der Waals surface area contributed by atoms with Gasteiger partial charge in [-0.15, -0.1) is 0 Å². The lowest BCUT2D eigenvalue weighted by atomic mass is 9.84. The van der Waals surface area contributed by atoms with Crippen LogP contribution in [0.25, 0.3) is 0 Å². The number of carbonyl (C=O) groups is 1. The van der Waals surface area contributed by atoms with Gasteiger partial charge in [0.2, 0.25) is 5.91 Å². The lowest BCUT2D eigenvalue weighted by Crippen LogP contribution is -2.42. The van der Waals surface area contributed by atoms with E-state index in [1.54, 1.807) is 7.11 Å². The van der Waals surface area contributed by atoms with Gasteiger partial charge in [-0.1, -0.05) is 32.9 Å². The molecule has 4 nitrogen and oxygen atoms in total. The molecule has 140 valence electrons. The third kappa shape index (κ3) is 5.46. The molecular formula is C21H34N2O2. The van der Waals surface area contributed by atoms with Crippen LogP contribution < -0.4 is 10.1 Å². The summed E-state index contributed by atoms with van der Waals surface area (Å²) >= 11 is 0. The highest BCUT2D eigenvalue weighted by molar-refractivity contribution is 5.76. The van der Waals surface area contributed by atoms with Gasteiger partial charge in [0.1, 0.15) is 5.75 Å². The zero-order chi connectivity index (χ0) is 18.4. The van der Waals surface area contributed by atoms with Crippen LogP contribution in [0.1, 0.15) is 51.6 Å². The minimum atomic E-state index is 0.183. The van der Waals surface area contributed by atoms with Gasteiger partial charge in [0.25, 0.3) is 0 Å². The Morgan fingerprint density at radius 2 is 1.96 bits per heavy atom. The van der Waals surface area contributed by atoms with Crippen LogP contribution in [-0.2, 0) is 4.79 Å². The first kappa shape index (κ1) is 19.8. The number of likely N-dealkylation sites (tertiary alicyclic amines) is 1. The van der Waals surface area contributed by atoms with Crippen LogP contribution in [0, 0.1) is 17.8 Å². The van der Waals surface area contributed by atoms with Gasteiger partial charge in [-0.05, 0) is 61.9 Å². The Balaban J connectivity index is 2.00. The number of ether oxygens (including phenoxy) is 1. The van der Waals surface area contributed by atoms with Gasteiger partial charge in [-0.3, -0.25) is 9.69 Å². The van der Waals surface area contributed by atoms with Crippen molar-refractivity contribution in [3.8, 4) is 5.75 Å². The number of nitrogens with one attached hydrogen (secondary N) is 1. The summed E-state index contributed by atoms with van der Waals surface area (Å²) in [4.78, 5) is 14.7. The fourth-order valence-corrected chi connectivity index (χ4v) is 3.65. The maximum absolute atomic E-state index is 12.3. The zero-order valence-corrected chi connectivity index (χ0v) is 16.4. The number of methoxy groups -OCH3 is 1. The highest BCUT2D eigenvalue weighted by Crippen LogP contribution is 2.35. The second-order valence-electron chi connectivity index (χ2n) is 7.83. The van der Waals surface area contributed by atoms with Crippen LogP contribution in [0.15, 0.2) is 24.3 Å². The minimum absolute atomic E-state index is 0.183. The number of rotatable bonds is 7. The zero-order valence-electron chi connectivity index (χ0n) is 16.4. The van der Waals surface area contributed by atoms with Crippen molar-refractivity contribution < 1.29 is 9.53 Å². The first-order chi connectivity index (χ1) is 11.9. The molecule has 1 saturated heterocycles. The number of hydrogen-bond donors (Lipinski definition) is 1. The molecular weight excluding hydrogens is 312 g/mol. The maximum Gasteiger partial charge on any atom is 0.220 e. The van der Waals surface area contributed by atoms with Gasteiger partial charge >= 0.3 is 0 Å². The Morgan fingerprint density at radius 1 is 1.28 bits per heavy atom.